The zero-order valence-corrected chi connectivity index (χ0v) is 18.4. The Bertz CT molecular complexity index is 966. The SMILES string of the molecule is CN(C)c1cccc2c(S(=O)(=O)NC3CC(C)(C)[NH+]([O-])C(C)(C)C3)cccc12. The Labute approximate surface area is 168 Å². The van der Waals surface area contributed by atoms with Crippen LogP contribution in [0.15, 0.2) is 41.3 Å². The van der Waals surface area contributed by atoms with E-state index in [1.54, 1.807) is 12.1 Å². The molecule has 0 saturated carbocycles. The van der Waals surface area contributed by atoms with Crippen LogP contribution in [-0.4, -0.2) is 39.6 Å². The van der Waals surface area contributed by atoms with E-state index in [0.29, 0.717) is 18.2 Å². The van der Waals surface area contributed by atoms with Crippen LogP contribution in [0.4, 0.5) is 5.69 Å². The number of nitrogens with zero attached hydrogens (tertiary/aromatic N) is 1. The van der Waals surface area contributed by atoms with E-state index in [0.717, 1.165) is 11.1 Å². The second-order valence-corrected chi connectivity index (χ2v) is 11.0. The first-order chi connectivity index (χ1) is 12.8. The van der Waals surface area contributed by atoms with Crippen molar-refractivity contribution in [1.29, 1.82) is 0 Å². The molecular weight excluding hydrogens is 374 g/mol. The molecule has 0 amide bonds. The molecule has 6 nitrogen and oxygen atoms in total. The minimum Gasteiger partial charge on any atom is -0.634 e. The first-order valence-electron chi connectivity index (χ1n) is 9.61. The fourth-order valence-electron chi connectivity index (χ4n) is 4.66. The lowest BCUT2D eigenvalue weighted by atomic mass is 9.79. The van der Waals surface area contributed by atoms with Gasteiger partial charge in [-0.3, -0.25) is 0 Å². The minimum atomic E-state index is -3.73. The molecule has 2 N–H and O–H groups in total. The molecule has 1 aliphatic rings. The van der Waals surface area contributed by atoms with E-state index in [1.807, 2.05) is 71.0 Å². The number of benzene rings is 2. The maximum atomic E-state index is 13.3. The zero-order valence-electron chi connectivity index (χ0n) is 17.5. The number of rotatable bonds is 4. The summed E-state index contributed by atoms with van der Waals surface area (Å²) in [6.45, 7) is 7.61. The number of anilines is 1. The van der Waals surface area contributed by atoms with Crippen molar-refractivity contribution in [2.24, 2.45) is 0 Å². The third kappa shape index (κ3) is 3.76. The largest absolute Gasteiger partial charge is 0.634 e. The molecule has 154 valence electrons. The van der Waals surface area contributed by atoms with Gasteiger partial charge in [0.1, 0.15) is 0 Å². The van der Waals surface area contributed by atoms with Gasteiger partial charge in [0.25, 0.3) is 0 Å². The van der Waals surface area contributed by atoms with Crippen LogP contribution in [-0.2, 0) is 10.0 Å². The summed E-state index contributed by atoms with van der Waals surface area (Å²) < 4.78 is 29.5. The highest BCUT2D eigenvalue weighted by Gasteiger charge is 2.46. The quantitative estimate of drug-likeness (QED) is 0.765. The van der Waals surface area contributed by atoms with Crippen LogP contribution in [0.2, 0.25) is 0 Å². The van der Waals surface area contributed by atoms with Gasteiger partial charge in [0, 0.05) is 49.4 Å². The van der Waals surface area contributed by atoms with Crippen LogP contribution in [0.5, 0.6) is 0 Å². The Kier molecular flexibility index (Phi) is 5.25. The number of fused-ring (bicyclic) bond motifs is 1. The second-order valence-electron chi connectivity index (χ2n) is 9.35. The molecule has 1 heterocycles. The number of hydrogen-bond acceptors (Lipinski definition) is 4. The maximum Gasteiger partial charge on any atom is 0.241 e. The average molecular weight is 406 g/mol. The van der Waals surface area contributed by atoms with Gasteiger partial charge in [0.05, 0.1) is 16.0 Å². The molecule has 0 aromatic heterocycles. The topological polar surface area (TPSA) is 76.9 Å². The summed E-state index contributed by atoms with van der Waals surface area (Å²) in [5.74, 6) is 0. The Morgan fingerprint density at radius 1 is 1.00 bits per heavy atom. The molecule has 0 bridgehead atoms. The Hall–Kier alpha value is -1.67. The first-order valence-corrected chi connectivity index (χ1v) is 11.1. The predicted octanol–water partition coefficient (Wildman–Crippen LogP) is 2.29. The molecule has 2 aromatic carbocycles. The molecule has 2 aromatic rings. The van der Waals surface area contributed by atoms with Crippen molar-refractivity contribution < 1.29 is 13.5 Å². The lowest BCUT2D eigenvalue weighted by molar-refractivity contribution is -0.955. The Morgan fingerprint density at radius 2 is 1.54 bits per heavy atom. The van der Waals surface area contributed by atoms with Gasteiger partial charge in [0.15, 0.2) is 0 Å². The number of sulfonamides is 1. The number of quaternary nitrogens is 1. The van der Waals surface area contributed by atoms with Gasteiger partial charge in [-0.15, -0.1) is 0 Å². The van der Waals surface area contributed by atoms with E-state index in [-0.39, 0.29) is 16.0 Å². The molecule has 0 atom stereocenters. The number of piperidine rings is 1. The van der Waals surface area contributed by atoms with Gasteiger partial charge in [-0.2, -0.15) is 0 Å². The lowest BCUT2D eigenvalue weighted by Gasteiger charge is -2.54. The molecular formula is C21H31N3O3S. The lowest BCUT2D eigenvalue weighted by Crippen LogP contribution is -3.23. The highest BCUT2D eigenvalue weighted by atomic mass is 32.2. The predicted molar refractivity (Wildman–Crippen MR) is 114 cm³/mol. The van der Waals surface area contributed by atoms with Crippen molar-refractivity contribution in [2.45, 2.75) is 62.6 Å². The second kappa shape index (κ2) is 6.99. The summed E-state index contributed by atoms with van der Waals surface area (Å²) in [5.41, 5.74) is -0.127. The molecule has 0 radical (unpaired) electrons. The van der Waals surface area contributed by atoms with Gasteiger partial charge in [-0.1, -0.05) is 24.3 Å². The molecule has 0 aliphatic carbocycles. The maximum absolute atomic E-state index is 13.3. The van der Waals surface area contributed by atoms with Crippen molar-refractivity contribution in [3.63, 3.8) is 0 Å². The van der Waals surface area contributed by atoms with Gasteiger partial charge >= 0.3 is 0 Å². The highest BCUT2D eigenvalue weighted by molar-refractivity contribution is 7.89. The van der Waals surface area contributed by atoms with Crippen LogP contribution in [0.3, 0.4) is 0 Å². The van der Waals surface area contributed by atoms with E-state index in [9.17, 15) is 13.6 Å². The van der Waals surface area contributed by atoms with Gasteiger partial charge < -0.3 is 15.2 Å². The standard InChI is InChI=1S/C21H31N3O3S/c1-20(2)13-15(14-21(3,4)24(20)25)22-28(26,27)19-12-8-9-16-17(19)10-7-11-18(16)23(5)6/h7-12,15,22,24H,13-14H2,1-6H3. The molecule has 1 aliphatic heterocycles. The molecule has 0 spiro atoms. The Balaban J connectivity index is 1.99. The molecule has 3 rings (SSSR count). The highest BCUT2D eigenvalue weighted by Crippen LogP contribution is 2.31. The summed E-state index contributed by atoms with van der Waals surface area (Å²) in [6.07, 6.45) is 1.00. The number of nitrogens with one attached hydrogen (secondary N) is 2. The van der Waals surface area contributed by atoms with Crippen LogP contribution >= 0.6 is 0 Å². The van der Waals surface area contributed by atoms with Gasteiger partial charge in [0.2, 0.25) is 10.0 Å². The van der Waals surface area contributed by atoms with E-state index in [1.165, 1.54) is 0 Å². The summed E-state index contributed by atoms with van der Waals surface area (Å²) in [5, 5.41) is 14.4. The molecule has 1 saturated heterocycles. The third-order valence-corrected chi connectivity index (χ3v) is 7.27. The Morgan fingerprint density at radius 3 is 2.11 bits per heavy atom. The van der Waals surface area contributed by atoms with Crippen molar-refractivity contribution >= 4 is 26.5 Å². The molecule has 28 heavy (non-hydrogen) atoms. The van der Waals surface area contributed by atoms with Crippen LogP contribution in [0.1, 0.15) is 40.5 Å². The van der Waals surface area contributed by atoms with Gasteiger partial charge in [-0.25, -0.2) is 13.1 Å². The van der Waals surface area contributed by atoms with Crippen molar-refractivity contribution in [3.05, 3.63) is 41.6 Å². The first kappa shape index (κ1) is 21.0. The van der Waals surface area contributed by atoms with E-state index in [2.05, 4.69) is 4.72 Å². The number of hydrogen-bond donors (Lipinski definition) is 2. The smallest absolute Gasteiger partial charge is 0.241 e. The van der Waals surface area contributed by atoms with Crippen LogP contribution in [0.25, 0.3) is 10.8 Å². The van der Waals surface area contributed by atoms with E-state index < -0.39 is 21.1 Å². The fraction of sp³-hybridized carbons (Fsp3) is 0.524. The fourth-order valence-corrected chi connectivity index (χ4v) is 6.12. The normalized spacial score (nSPS) is 24.2. The molecule has 1 fully saturated rings. The summed E-state index contributed by atoms with van der Waals surface area (Å²) in [6, 6.07) is 10.8. The van der Waals surface area contributed by atoms with Crippen molar-refractivity contribution in [2.75, 3.05) is 19.0 Å². The summed E-state index contributed by atoms with van der Waals surface area (Å²) in [7, 11) is 0.157. The van der Waals surface area contributed by atoms with E-state index in [4.69, 9.17) is 0 Å². The number of hydroxylamine groups is 2. The minimum absolute atomic E-state index is 0.191. The summed E-state index contributed by atoms with van der Waals surface area (Å²) >= 11 is 0. The average Bonchev–Trinajstić information content (AvgIpc) is 2.57. The zero-order chi connectivity index (χ0) is 20.9. The monoisotopic (exact) mass is 405 g/mol. The van der Waals surface area contributed by atoms with E-state index >= 15 is 0 Å². The molecule has 0 unspecified atom stereocenters. The van der Waals surface area contributed by atoms with Crippen LogP contribution < -0.4 is 14.7 Å². The molecule has 7 heteroatoms. The van der Waals surface area contributed by atoms with Gasteiger partial charge in [-0.05, 0) is 39.8 Å². The van der Waals surface area contributed by atoms with Crippen molar-refractivity contribution in [3.8, 4) is 0 Å². The summed E-state index contributed by atoms with van der Waals surface area (Å²) in [4.78, 5) is 2.26. The van der Waals surface area contributed by atoms with Crippen molar-refractivity contribution in [1.82, 2.24) is 4.72 Å². The van der Waals surface area contributed by atoms with Crippen LogP contribution in [0, 0.1) is 5.21 Å². The third-order valence-electron chi connectivity index (χ3n) is 5.69.